The Morgan fingerprint density at radius 2 is 2.05 bits per heavy atom. The fourth-order valence-electron chi connectivity index (χ4n) is 2.39. The van der Waals surface area contributed by atoms with Gasteiger partial charge in [0.15, 0.2) is 0 Å². The molecular formula is C15H20N4O2. The highest BCUT2D eigenvalue weighted by Crippen LogP contribution is 2.16. The third kappa shape index (κ3) is 3.66. The standard InChI is InChI=1S/C15H20N4O2/c1-16-13-12(14(20)18-15(21)19(13)2)10-17-9-8-11-6-4-3-5-7-11/h3-7,12-13,17H,1,8-10H2,2H3,(H,18,20,21). The molecule has 3 amide bonds. The molecule has 0 spiro atoms. The molecule has 1 heterocycles. The summed E-state index contributed by atoms with van der Waals surface area (Å²) < 4.78 is 0. The summed E-state index contributed by atoms with van der Waals surface area (Å²) >= 11 is 0. The Labute approximate surface area is 124 Å². The monoisotopic (exact) mass is 288 g/mol. The van der Waals surface area contributed by atoms with E-state index in [1.54, 1.807) is 7.05 Å². The summed E-state index contributed by atoms with van der Waals surface area (Å²) in [5.74, 6) is -0.719. The van der Waals surface area contributed by atoms with Crippen LogP contribution >= 0.6 is 0 Å². The molecule has 6 heteroatoms. The zero-order chi connectivity index (χ0) is 15.2. The fourth-order valence-corrected chi connectivity index (χ4v) is 2.39. The van der Waals surface area contributed by atoms with Gasteiger partial charge in [0, 0.05) is 13.6 Å². The van der Waals surface area contributed by atoms with E-state index in [0.29, 0.717) is 6.54 Å². The quantitative estimate of drug-likeness (QED) is 0.596. The van der Waals surface area contributed by atoms with E-state index in [2.05, 4.69) is 34.5 Å². The van der Waals surface area contributed by atoms with Crippen molar-refractivity contribution in [3.63, 3.8) is 0 Å². The van der Waals surface area contributed by atoms with Gasteiger partial charge >= 0.3 is 6.03 Å². The van der Waals surface area contributed by atoms with Crippen LogP contribution in [0.1, 0.15) is 5.56 Å². The third-order valence-electron chi connectivity index (χ3n) is 3.63. The first-order valence-corrected chi connectivity index (χ1v) is 6.91. The van der Waals surface area contributed by atoms with E-state index >= 15 is 0 Å². The van der Waals surface area contributed by atoms with Crippen molar-refractivity contribution in [3.05, 3.63) is 35.9 Å². The summed E-state index contributed by atoms with van der Waals surface area (Å²) in [5, 5.41) is 5.57. The van der Waals surface area contributed by atoms with Crippen molar-refractivity contribution >= 4 is 18.7 Å². The van der Waals surface area contributed by atoms with Gasteiger partial charge in [-0.3, -0.25) is 15.1 Å². The van der Waals surface area contributed by atoms with Crippen molar-refractivity contribution in [1.82, 2.24) is 15.5 Å². The van der Waals surface area contributed by atoms with Crippen LogP contribution in [0.5, 0.6) is 0 Å². The zero-order valence-electron chi connectivity index (χ0n) is 12.1. The maximum absolute atomic E-state index is 11.9. The molecule has 6 nitrogen and oxygen atoms in total. The van der Waals surface area contributed by atoms with Crippen molar-refractivity contribution in [1.29, 1.82) is 0 Å². The van der Waals surface area contributed by atoms with Crippen molar-refractivity contribution in [3.8, 4) is 0 Å². The summed E-state index contributed by atoms with van der Waals surface area (Å²) in [6, 6.07) is 9.68. The molecule has 0 aromatic heterocycles. The molecule has 2 N–H and O–H groups in total. The van der Waals surface area contributed by atoms with E-state index < -0.39 is 18.1 Å². The van der Waals surface area contributed by atoms with Crippen LogP contribution in [-0.4, -0.2) is 49.9 Å². The number of aliphatic imine (C=N–C) groups is 1. The molecule has 1 aliphatic rings. The summed E-state index contributed by atoms with van der Waals surface area (Å²) in [5.41, 5.74) is 1.24. The van der Waals surface area contributed by atoms with Gasteiger partial charge in [0.1, 0.15) is 6.17 Å². The molecule has 1 fully saturated rings. The fraction of sp³-hybridized carbons (Fsp3) is 0.400. The second-order valence-corrected chi connectivity index (χ2v) is 5.05. The van der Waals surface area contributed by atoms with E-state index in [1.807, 2.05) is 18.2 Å². The van der Waals surface area contributed by atoms with Gasteiger partial charge in [-0.1, -0.05) is 30.3 Å². The van der Waals surface area contributed by atoms with Crippen LogP contribution < -0.4 is 10.6 Å². The van der Waals surface area contributed by atoms with E-state index in [4.69, 9.17) is 0 Å². The van der Waals surface area contributed by atoms with Gasteiger partial charge in [-0.25, -0.2) is 4.79 Å². The molecule has 0 radical (unpaired) electrons. The minimum absolute atomic E-state index is 0.303. The Bertz CT molecular complexity index is 518. The maximum atomic E-state index is 11.9. The molecule has 1 aliphatic heterocycles. The lowest BCUT2D eigenvalue weighted by atomic mass is 10.0. The molecular weight excluding hydrogens is 268 g/mol. The number of rotatable bonds is 6. The number of nitrogens with zero attached hydrogens (tertiary/aromatic N) is 2. The maximum Gasteiger partial charge on any atom is 0.325 e. The van der Waals surface area contributed by atoms with E-state index in [-0.39, 0.29) is 5.91 Å². The van der Waals surface area contributed by atoms with Gasteiger partial charge in [0.2, 0.25) is 5.91 Å². The van der Waals surface area contributed by atoms with Crippen LogP contribution in [0.4, 0.5) is 4.79 Å². The Hall–Kier alpha value is -2.21. The predicted molar refractivity (Wildman–Crippen MR) is 81.1 cm³/mol. The van der Waals surface area contributed by atoms with Crippen LogP contribution in [0.15, 0.2) is 35.3 Å². The lowest BCUT2D eigenvalue weighted by Gasteiger charge is -2.35. The molecule has 0 bridgehead atoms. The molecule has 1 saturated heterocycles. The van der Waals surface area contributed by atoms with E-state index in [0.717, 1.165) is 13.0 Å². The van der Waals surface area contributed by atoms with Crippen LogP contribution in [0.25, 0.3) is 0 Å². The van der Waals surface area contributed by atoms with Crippen molar-refractivity contribution < 1.29 is 9.59 Å². The van der Waals surface area contributed by atoms with Gasteiger partial charge in [-0.15, -0.1) is 0 Å². The smallest absolute Gasteiger partial charge is 0.315 e. The largest absolute Gasteiger partial charge is 0.325 e. The normalized spacial score (nSPS) is 22.0. The van der Waals surface area contributed by atoms with Crippen molar-refractivity contribution in [2.45, 2.75) is 12.6 Å². The van der Waals surface area contributed by atoms with E-state index in [9.17, 15) is 9.59 Å². The number of amides is 3. The summed E-state index contributed by atoms with van der Waals surface area (Å²) in [6.07, 6.45) is 0.367. The Balaban J connectivity index is 1.85. The number of imide groups is 1. The highest BCUT2D eigenvalue weighted by Gasteiger charge is 2.38. The zero-order valence-corrected chi connectivity index (χ0v) is 12.1. The minimum atomic E-state index is -0.518. The lowest BCUT2D eigenvalue weighted by molar-refractivity contribution is -0.127. The molecule has 112 valence electrons. The Morgan fingerprint density at radius 3 is 2.71 bits per heavy atom. The average molecular weight is 288 g/mol. The Morgan fingerprint density at radius 1 is 1.33 bits per heavy atom. The Kier molecular flexibility index (Phi) is 5.05. The van der Waals surface area contributed by atoms with Crippen molar-refractivity contribution in [2.24, 2.45) is 10.9 Å². The van der Waals surface area contributed by atoms with Gasteiger partial charge in [0.05, 0.1) is 5.92 Å². The van der Waals surface area contributed by atoms with Gasteiger partial charge in [0.25, 0.3) is 0 Å². The minimum Gasteiger partial charge on any atom is -0.315 e. The summed E-state index contributed by atoms with van der Waals surface area (Å²) in [6.45, 7) is 4.70. The lowest BCUT2D eigenvalue weighted by Crippen LogP contribution is -2.60. The van der Waals surface area contributed by atoms with Crippen LogP contribution in [0.3, 0.4) is 0 Å². The SMILES string of the molecule is C=NC1C(CNCCc2ccccc2)C(=O)NC(=O)N1C. The molecule has 2 unspecified atom stereocenters. The number of urea groups is 1. The molecule has 0 aliphatic carbocycles. The molecule has 0 saturated carbocycles. The molecule has 1 aromatic carbocycles. The van der Waals surface area contributed by atoms with E-state index in [1.165, 1.54) is 10.5 Å². The van der Waals surface area contributed by atoms with Crippen LogP contribution in [-0.2, 0) is 11.2 Å². The van der Waals surface area contributed by atoms with Gasteiger partial charge in [-0.2, -0.15) is 0 Å². The first kappa shape index (κ1) is 15.2. The van der Waals surface area contributed by atoms with Gasteiger partial charge in [-0.05, 0) is 25.2 Å². The third-order valence-corrected chi connectivity index (χ3v) is 3.63. The molecule has 21 heavy (non-hydrogen) atoms. The summed E-state index contributed by atoms with van der Waals surface area (Å²) in [7, 11) is 1.61. The highest BCUT2D eigenvalue weighted by molar-refractivity contribution is 5.98. The number of benzene rings is 1. The molecule has 2 atom stereocenters. The number of hydrogen-bond donors (Lipinski definition) is 2. The number of hydrogen-bond acceptors (Lipinski definition) is 4. The highest BCUT2D eigenvalue weighted by atomic mass is 16.2. The number of carbonyl (C=O) groups is 2. The molecule has 2 rings (SSSR count). The molecule has 1 aromatic rings. The van der Waals surface area contributed by atoms with Gasteiger partial charge < -0.3 is 10.2 Å². The van der Waals surface area contributed by atoms with Crippen LogP contribution in [0, 0.1) is 5.92 Å². The summed E-state index contributed by atoms with van der Waals surface area (Å²) in [4.78, 5) is 28.7. The van der Waals surface area contributed by atoms with Crippen molar-refractivity contribution in [2.75, 3.05) is 20.1 Å². The number of nitrogens with one attached hydrogen (secondary N) is 2. The predicted octanol–water partition coefficient (Wildman–Crippen LogP) is 0.643. The second kappa shape index (κ2) is 6.99. The van der Waals surface area contributed by atoms with Crippen LogP contribution in [0.2, 0.25) is 0 Å². The first-order valence-electron chi connectivity index (χ1n) is 6.91. The average Bonchev–Trinajstić information content (AvgIpc) is 2.49. The number of carbonyl (C=O) groups excluding carboxylic acids is 2. The topological polar surface area (TPSA) is 73.8 Å². The second-order valence-electron chi connectivity index (χ2n) is 5.05. The first-order chi connectivity index (χ1) is 10.1.